The highest BCUT2D eigenvalue weighted by Gasteiger charge is 2.11. The van der Waals surface area contributed by atoms with E-state index in [-0.39, 0.29) is 0 Å². The summed E-state index contributed by atoms with van der Waals surface area (Å²) in [4.78, 5) is 0. The largest absolute Gasteiger partial charge is 0.0850 e. The second-order valence-electron chi connectivity index (χ2n) is 8.34. The maximum atomic E-state index is 2.49. The van der Waals surface area contributed by atoms with Gasteiger partial charge in [-0.05, 0) is 120 Å². The second-order valence-corrected chi connectivity index (χ2v) is 8.34. The van der Waals surface area contributed by atoms with Gasteiger partial charge in [-0.1, -0.05) is 35.5 Å². The van der Waals surface area contributed by atoms with Gasteiger partial charge in [-0.3, -0.25) is 0 Å². The average Bonchev–Trinajstić information content (AvgIpc) is 2.71. The van der Waals surface area contributed by atoms with E-state index in [1.807, 2.05) is 0 Å². The second kappa shape index (κ2) is 10.8. The molecule has 138 valence electrons. The van der Waals surface area contributed by atoms with Crippen LogP contribution in [0.15, 0.2) is 46.6 Å². The van der Waals surface area contributed by atoms with Gasteiger partial charge < -0.3 is 0 Å². The zero-order valence-electron chi connectivity index (χ0n) is 16.3. The Morgan fingerprint density at radius 3 is 1.16 bits per heavy atom. The maximum Gasteiger partial charge on any atom is -0.0108 e. The molecule has 0 atom stereocenters. The van der Waals surface area contributed by atoms with Crippen molar-refractivity contribution in [3.63, 3.8) is 0 Å². The first-order chi connectivity index (χ1) is 12.4. The number of rotatable bonds is 3. The Morgan fingerprint density at radius 1 is 0.440 bits per heavy atom. The highest BCUT2D eigenvalue weighted by molar-refractivity contribution is 5.32. The highest BCUT2D eigenvalue weighted by Crippen LogP contribution is 2.30. The fraction of sp³-hybridized carbons (Fsp3) is 0.680. The molecule has 0 heterocycles. The molecule has 0 aromatic heterocycles. The molecule has 0 fully saturated rings. The van der Waals surface area contributed by atoms with Gasteiger partial charge in [-0.15, -0.1) is 0 Å². The Hall–Kier alpha value is -1.04. The monoisotopic (exact) mass is 338 g/mol. The molecule has 0 radical (unpaired) electrons. The van der Waals surface area contributed by atoms with Crippen LogP contribution < -0.4 is 0 Å². The molecule has 0 saturated carbocycles. The van der Waals surface area contributed by atoms with Crippen LogP contribution in [0.2, 0.25) is 0 Å². The van der Waals surface area contributed by atoms with Gasteiger partial charge in [-0.25, -0.2) is 0 Å². The molecule has 0 bridgehead atoms. The molecule has 0 saturated heterocycles. The lowest BCUT2D eigenvalue weighted by atomic mass is 9.87. The standard InChI is InChI=1S/C13H20.C12H18/c1-3-7-12(8-4-1)11-13-9-5-2-6-10-13;1-3-7-11(8-4-1)12-9-5-2-6-10-12/h7,9H,1-6,8,10-11H2;7,9H,1-6,8,10H2. The Balaban J connectivity index is 0.000000146. The van der Waals surface area contributed by atoms with Crippen molar-refractivity contribution in [2.45, 2.75) is 109 Å². The fourth-order valence-corrected chi connectivity index (χ4v) is 4.68. The van der Waals surface area contributed by atoms with Crippen LogP contribution in [0.3, 0.4) is 0 Å². The molecule has 0 unspecified atom stereocenters. The molecule has 0 aromatic carbocycles. The van der Waals surface area contributed by atoms with Crippen LogP contribution in [0, 0.1) is 0 Å². The number of hydrogen-bond acceptors (Lipinski definition) is 0. The van der Waals surface area contributed by atoms with Crippen molar-refractivity contribution in [1.82, 2.24) is 0 Å². The van der Waals surface area contributed by atoms with Crippen molar-refractivity contribution in [1.29, 1.82) is 0 Å². The van der Waals surface area contributed by atoms with E-state index in [9.17, 15) is 0 Å². The van der Waals surface area contributed by atoms with Crippen LogP contribution in [-0.2, 0) is 0 Å². The van der Waals surface area contributed by atoms with Crippen molar-refractivity contribution < 1.29 is 0 Å². The van der Waals surface area contributed by atoms with Crippen molar-refractivity contribution in [3.8, 4) is 0 Å². The third kappa shape index (κ3) is 6.65. The van der Waals surface area contributed by atoms with E-state index in [2.05, 4.69) is 24.3 Å². The zero-order chi connectivity index (χ0) is 17.2. The summed E-state index contributed by atoms with van der Waals surface area (Å²) in [6, 6.07) is 0. The van der Waals surface area contributed by atoms with Crippen LogP contribution in [0.4, 0.5) is 0 Å². The molecule has 0 heteroatoms. The first kappa shape index (κ1) is 18.7. The SMILES string of the molecule is C1=C(C2=CCCCC2)CCCC1.C1=C(CC2=CCCCC2)CCCC1. The maximum absolute atomic E-state index is 2.49. The predicted octanol–water partition coefficient (Wildman–Crippen LogP) is 8.36. The normalized spacial score (nSPS) is 24.2. The van der Waals surface area contributed by atoms with E-state index < -0.39 is 0 Å². The minimum absolute atomic E-state index is 1.31. The molecule has 0 aromatic rings. The van der Waals surface area contributed by atoms with E-state index in [1.165, 1.54) is 109 Å². The molecule has 0 spiro atoms. The van der Waals surface area contributed by atoms with Gasteiger partial charge >= 0.3 is 0 Å². The van der Waals surface area contributed by atoms with Crippen LogP contribution in [0.25, 0.3) is 0 Å². The van der Waals surface area contributed by atoms with Gasteiger partial charge in [0, 0.05) is 0 Å². The lowest BCUT2D eigenvalue weighted by Crippen LogP contribution is -1.99. The molecule has 25 heavy (non-hydrogen) atoms. The van der Waals surface area contributed by atoms with Crippen LogP contribution in [0.1, 0.15) is 109 Å². The Morgan fingerprint density at radius 2 is 0.840 bits per heavy atom. The third-order valence-electron chi connectivity index (χ3n) is 6.22. The quantitative estimate of drug-likeness (QED) is 0.453. The summed E-state index contributed by atoms with van der Waals surface area (Å²) >= 11 is 0. The lowest BCUT2D eigenvalue weighted by molar-refractivity contribution is 0.655. The first-order valence-corrected chi connectivity index (χ1v) is 11.2. The summed E-state index contributed by atoms with van der Waals surface area (Å²) in [6.45, 7) is 0. The molecule has 0 amide bonds. The molecule has 0 nitrogen and oxygen atoms in total. The zero-order valence-corrected chi connectivity index (χ0v) is 16.3. The van der Waals surface area contributed by atoms with Crippen molar-refractivity contribution in [3.05, 3.63) is 46.6 Å². The molecule has 4 aliphatic carbocycles. The van der Waals surface area contributed by atoms with Crippen LogP contribution >= 0.6 is 0 Å². The molecular formula is C25H38. The summed E-state index contributed by atoms with van der Waals surface area (Å²) in [5, 5.41) is 0. The first-order valence-electron chi connectivity index (χ1n) is 11.2. The lowest BCUT2D eigenvalue weighted by Gasteiger charge is -2.19. The van der Waals surface area contributed by atoms with Crippen LogP contribution in [0.5, 0.6) is 0 Å². The van der Waals surface area contributed by atoms with Gasteiger partial charge in [0.25, 0.3) is 0 Å². The van der Waals surface area contributed by atoms with Crippen molar-refractivity contribution >= 4 is 0 Å². The van der Waals surface area contributed by atoms with E-state index in [1.54, 1.807) is 22.3 Å². The van der Waals surface area contributed by atoms with Crippen LogP contribution in [-0.4, -0.2) is 0 Å². The molecule has 0 N–H and O–H groups in total. The predicted molar refractivity (Wildman–Crippen MR) is 111 cm³/mol. The fourth-order valence-electron chi connectivity index (χ4n) is 4.68. The number of allylic oxidation sites excluding steroid dienone is 8. The van der Waals surface area contributed by atoms with Gasteiger partial charge in [0.15, 0.2) is 0 Å². The van der Waals surface area contributed by atoms with Gasteiger partial charge in [0.2, 0.25) is 0 Å². The van der Waals surface area contributed by atoms with Crippen molar-refractivity contribution in [2.75, 3.05) is 0 Å². The van der Waals surface area contributed by atoms with E-state index in [4.69, 9.17) is 0 Å². The minimum Gasteiger partial charge on any atom is -0.0850 e. The summed E-state index contributed by atoms with van der Waals surface area (Å²) < 4.78 is 0. The molecule has 4 aliphatic rings. The number of hydrogen-bond donors (Lipinski definition) is 0. The topological polar surface area (TPSA) is 0 Å². The van der Waals surface area contributed by atoms with Gasteiger partial charge in [-0.2, -0.15) is 0 Å². The summed E-state index contributed by atoms with van der Waals surface area (Å²) in [6.07, 6.45) is 33.4. The van der Waals surface area contributed by atoms with Crippen molar-refractivity contribution in [2.24, 2.45) is 0 Å². The van der Waals surface area contributed by atoms with Gasteiger partial charge in [0.1, 0.15) is 0 Å². The average molecular weight is 339 g/mol. The third-order valence-corrected chi connectivity index (χ3v) is 6.22. The molecule has 4 rings (SSSR count). The van der Waals surface area contributed by atoms with E-state index >= 15 is 0 Å². The molecule has 0 aliphatic heterocycles. The minimum atomic E-state index is 1.31. The Labute approximate surface area is 156 Å². The summed E-state index contributed by atoms with van der Waals surface area (Å²) in [5.41, 5.74) is 6.81. The Kier molecular flexibility index (Phi) is 8.13. The van der Waals surface area contributed by atoms with E-state index in [0.29, 0.717) is 0 Å². The highest BCUT2D eigenvalue weighted by atomic mass is 14.2. The van der Waals surface area contributed by atoms with E-state index in [0.717, 1.165) is 0 Å². The Bertz CT molecular complexity index is 478. The summed E-state index contributed by atoms with van der Waals surface area (Å²) in [5.74, 6) is 0. The summed E-state index contributed by atoms with van der Waals surface area (Å²) in [7, 11) is 0. The van der Waals surface area contributed by atoms with Gasteiger partial charge in [0.05, 0.1) is 0 Å². The molecular weight excluding hydrogens is 300 g/mol. The smallest absolute Gasteiger partial charge is 0.0108 e.